The van der Waals surface area contributed by atoms with Gasteiger partial charge in [-0.05, 0) is 26.2 Å². The summed E-state index contributed by atoms with van der Waals surface area (Å²) in [5.74, 6) is 1.15. The van der Waals surface area contributed by atoms with Gasteiger partial charge in [-0.1, -0.05) is 18.7 Å². The molecule has 0 aliphatic carbocycles. The smallest absolute Gasteiger partial charge is 0.157 e. The van der Waals surface area contributed by atoms with Crippen LogP contribution in [0.3, 0.4) is 0 Å². The number of aliphatic imine (C=N–C) groups is 1. The fourth-order valence-corrected chi connectivity index (χ4v) is 3.14. The Bertz CT molecular complexity index is 245. The van der Waals surface area contributed by atoms with E-state index in [0.717, 1.165) is 36.8 Å². The van der Waals surface area contributed by atoms with E-state index >= 15 is 0 Å². The number of ether oxygens (including phenoxy) is 1. The summed E-state index contributed by atoms with van der Waals surface area (Å²) in [5, 5.41) is 4.70. The van der Waals surface area contributed by atoms with Crippen molar-refractivity contribution in [2.24, 2.45) is 4.99 Å². The molecule has 2 rings (SSSR count). The number of hydrogen-bond acceptors (Lipinski definition) is 4. The van der Waals surface area contributed by atoms with Crippen molar-refractivity contribution in [3.8, 4) is 0 Å². The fourth-order valence-electron chi connectivity index (χ4n) is 2.01. The van der Waals surface area contributed by atoms with E-state index in [1.54, 1.807) is 0 Å². The lowest BCUT2D eigenvalue weighted by Gasteiger charge is -2.28. The average Bonchev–Trinajstić information content (AvgIpc) is 2.65. The Hall–Kier alpha value is -0.220. The van der Waals surface area contributed by atoms with Crippen molar-refractivity contribution in [2.75, 3.05) is 12.4 Å². The topological polar surface area (TPSA) is 33.6 Å². The monoisotopic (exact) mass is 228 g/mol. The number of nitrogens with one attached hydrogen (secondary N) is 1. The molecule has 0 bridgehead atoms. The standard InChI is InChI=1S/C11H20N2OS/c1-3-9-7-15-11(12-9)13-10-4-5-14-8(2)6-10/h8-10H,3-7H2,1-2H3,(H,12,13). The molecule has 0 saturated carbocycles. The second-order valence-electron chi connectivity index (χ2n) is 4.35. The summed E-state index contributed by atoms with van der Waals surface area (Å²) in [6.45, 7) is 5.23. The molecule has 3 atom stereocenters. The van der Waals surface area contributed by atoms with Crippen LogP contribution in [0.5, 0.6) is 0 Å². The minimum absolute atomic E-state index is 0.394. The van der Waals surface area contributed by atoms with Crippen LogP contribution < -0.4 is 5.32 Å². The zero-order valence-electron chi connectivity index (χ0n) is 9.53. The van der Waals surface area contributed by atoms with Crippen LogP contribution in [0.1, 0.15) is 33.1 Å². The first-order valence-corrected chi connectivity index (χ1v) is 6.85. The third-order valence-electron chi connectivity index (χ3n) is 3.00. The van der Waals surface area contributed by atoms with E-state index in [9.17, 15) is 0 Å². The molecular formula is C11H20N2OS. The van der Waals surface area contributed by atoms with Gasteiger partial charge in [0.1, 0.15) is 0 Å². The third kappa shape index (κ3) is 3.11. The van der Waals surface area contributed by atoms with Crippen LogP contribution in [-0.4, -0.2) is 35.7 Å². The summed E-state index contributed by atoms with van der Waals surface area (Å²) in [7, 11) is 0. The van der Waals surface area contributed by atoms with E-state index in [0.29, 0.717) is 18.2 Å². The van der Waals surface area contributed by atoms with Crippen molar-refractivity contribution < 1.29 is 4.74 Å². The second-order valence-corrected chi connectivity index (χ2v) is 5.36. The maximum absolute atomic E-state index is 5.53. The lowest BCUT2D eigenvalue weighted by Crippen LogP contribution is -2.39. The molecule has 2 aliphatic rings. The van der Waals surface area contributed by atoms with E-state index in [4.69, 9.17) is 4.74 Å². The van der Waals surface area contributed by atoms with E-state index in [2.05, 4.69) is 24.2 Å². The van der Waals surface area contributed by atoms with Crippen molar-refractivity contribution >= 4 is 16.9 Å². The zero-order chi connectivity index (χ0) is 10.7. The molecule has 86 valence electrons. The van der Waals surface area contributed by atoms with Crippen LogP contribution in [-0.2, 0) is 4.74 Å². The predicted octanol–water partition coefficient (Wildman–Crippen LogP) is 2.02. The van der Waals surface area contributed by atoms with Crippen molar-refractivity contribution in [1.29, 1.82) is 0 Å². The molecule has 15 heavy (non-hydrogen) atoms. The van der Waals surface area contributed by atoms with Crippen LogP contribution in [0, 0.1) is 0 Å². The van der Waals surface area contributed by atoms with Gasteiger partial charge in [-0.2, -0.15) is 0 Å². The van der Waals surface area contributed by atoms with Gasteiger partial charge < -0.3 is 10.1 Å². The third-order valence-corrected chi connectivity index (χ3v) is 4.04. The minimum atomic E-state index is 0.394. The van der Waals surface area contributed by atoms with Crippen molar-refractivity contribution in [3.63, 3.8) is 0 Å². The van der Waals surface area contributed by atoms with Gasteiger partial charge in [-0.25, -0.2) is 0 Å². The van der Waals surface area contributed by atoms with Crippen LogP contribution in [0.4, 0.5) is 0 Å². The van der Waals surface area contributed by atoms with Crippen molar-refractivity contribution in [2.45, 2.75) is 51.3 Å². The lowest BCUT2D eigenvalue weighted by atomic mass is 10.1. The first-order valence-electron chi connectivity index (χ1n) is 5.86. The quantitative estimate of drug-likeness (QED) is 0.785. The van der Waals surface area contributed by atoms with Gasteiger partial charge in [0.25, 0.3) is 0 Å². The van der Waals surface area contributed by atoms with Gasteiger partial charge in [0.05, 0.1) is 12.1 Å². The first-order chi connectivity index (χ1) is 7.28. The molecule has 0 aromatic rings. The number of thioether (sulfide) groups is 1. The maximum Gasteiger partial charge on any atom is 0.157 e. The highest BCUT2D eigenvalue weighted by molar-refractivity contribution is 8.14. The molecule has 1 fully saturated rings. The van der Waals surface area contributed by atoms with E-state index in [1.807, 2.05) is 11.8 Å². The largest absolute Gasteiger partial charge is 0.378 e. The van der Waals surface area contributed by atoms with Crippen LogP contribution >= 0.6 is 11.8 Å². The molecule has 0 spiro atoms. The molecule has 0 amide bonds. The molecule has 4 heteroatoms. The Kier molecular flexibility index (Phi) is 3.92. The molecule has 3 unspecified atom stereocenters. The van der Waals surface area contributed by atoms with Gasteiger partial charge in [0.15, 0.2) is 5.17 Å². The summed E-state index contributed by atoms with van der Waals surface area (Å²) in [5.41, 5.74) is 0. The van der Waals surface area contributed by atoms with Crippen molar-refractivity contribution in [1.82, 2.24) is 5.32 Å². The molecule has 3 nitrogen and oxygen atoms in total. The zero-order valence-corrected chi connectivity index (χ0v) is 10.3. The Labute approximate surface area is 96.1 Å². The molecule has 2 aliphatic heterocycles. The van der Waals surface area contributed by atoms with Gasteiger partial charge in [0.2, 0.25) is 0 Å². The molecule has 0 aromatic carbocycles. The number of amidine groups is 1. The predicted molar refractivity (Wildman–Crippen MR) is 65.5 cm³/mol. The van der Waals surface area contributed by atoms with Gasteiger partial charge in [0, 0.05) is 18.4 Å². The average molecular weight is 228 g/mol. The number of rotatable bonds is 2. The maximum atomic E-state index is 5.53. The van der Waals surface area contributed by atoms with Gasteiger partial charge in [-0.3, -0.25) is 4.99 Å². The molecule has 2 heterocycles. The van der Waals surface area contributed by atoms with Gasteiger partial charge >= 0.3 is 0 Å². The summed E-state index contributed by atoms with van der Waals surface area (Å²) in [4.78, 5) is 4.65. The number of hydrogen-bond donors (Lipinski definition) is 1. The highest BCUT2D eigenvalue weighted by Crippen LogP contribution is 2.21. The summed E-state index contributed by atoms with van der Waals surface area (Å²) in [6, 6.07) is 1.10. The molecule has 1 saturated heterocycles. The summed E-state index contributed by atoms with van der Waals surface area (Å²) >= 11 is 1.87. The second kappa shape index (κ2) is 5.21. The molecule has 0 aromatic heterocycles. The highest BCUT2D eigenvalue weighted by atomic mass is 32.2. The molecule has 1 N–H and O–H groups in total. The van der Waals surface area contributed by atoms with Crippen LogP contribution in [0.25, 0.3) is 0 Å². The molecular weight excluding hydrogens is 208 g/mol. The van der Waals surface area contributed by atoms with Gasteiger partial charge in [-0.15, -0.1) is 0 Å². The summed E-state index contributed by atoms with van der Waals surface area (Å²) < 4.78 is 5.53. The minimum Gasteiger partial charge on any atom is -0.378 e. The summed E-state index contributed by atoms with van der Waals surface area (Å²) in [6.07, 6.45) is 3.77. The highest BCUT2D eigenvalue weighted by Gasteiger charge is 2.23. The van der Waals surface area contributed by atoms with Crippen molar-refractivity contribution in [3.05, 3.63) is 0 Å². The Morgan fingerprint density at radius 1 is 1.60 bits per heavy atom. The Balaban J connectivity index is 1.81. The SMILES string of the molecule is CCC1CSC(NC2CCOC(C)C2)=N1. The van der Waals surface area contributed by atoms with E-state index < -0.39 is 0 Å². The van der Waals surface area contributed by atoms with Crippen LogP contribution in [0.15, 0.2) is 4.99 Å². The van der Waals surface area contributed by atoms with Crippen LogP contribution in [0.2, 0.25) is 0 Å². The lowest BCUT2D eigenvalue weighted by molar-refractivity contribution is 0.0168. The Morgan fingerprint density at radius 3 is 3.13 bits per heavy atom. The fraction of sp³-hybridized carbons (Fsp3) is 0.909. The Morgan fingerprint density at radius 2 is 2.47 bits per heavy atom. The first kappa shape index (κ1) is 11.3. The van der Waals surface area contributed by atoms with E-state index in [-0.39, 0.29) is 0 Å². The van der Waals surface area contributed by atoms with E-state index in [1.165, 1.54) is 0 Å². The molecule has 0 radical (unpaired) electrons. The number of nitrogens with zero attached hydrogens (tertiary/aromatic N) is 1. The normalized spacial score (nSPS) is 36.4.